The molecular weight excluding hydrogens is 290 g/mol. The van der Waals surface area contributed by atoms with Crippen LogP contribution in [-0.4, -0.2) is 24.7 Å². The first-order valence-electron chi connectivity index (χ1n) is 8.92. The van der Waals surface area contributed by atoms with E-state index >= 15 is 0 Å². The highest BCUT2D eigenvalue weighted by Crippen LogP contribution is 2.46. The minimum Gasteiger partial charge on any atom is -0.487 e. The molecule has 2 atom stereocenters. The fraction of sp³-hybridized carbons (Fsp3) is 0.632. The van der Waals surface area contributed by atoms with Crippen LogP contribution >= 0.6 is 0 Å². The second kappa shape index (κ2) is 6.16. The average molecular weight is 315 g/mol. The van der Waals surface area contributed by atoms with Crippen molar-refractivity contribution in [3.63, 3.8) is 0 Å². The number of fused-ring (bicyclic) bond motifs is 1. The largest absolute Gasteiger partial charge is 0.487 e. The Hall–Kier alpha value is -1.55. The molecular formula is C19H25NO3. The van der Waals surface area contributed by atoms with Gasteiger partial charge in [-0.2, -0.15) is 0 Å². The number of amides is 1. The third-order valence-electron chi connectivity index (χ3n) is 5.58. The topological polar surface area (TPSA) is 47.6 Å². The smallest absolute Gasteiger partial charge is 0.226 e. The molecule has 1 saturated carbocycles. The Bertz CT molecular complexity index is 574. The number of ether oxygens (including phenoxy) is 2. The second-order valence-corrected chi connectivity index (χ2v) is 7.21. The second-order valence-electron chi connectivity index (χ2n) is 7.21. The van der Waals surface area contributed by atoms with Crippen LogP contribution in [0, 0.1) is 5.92 Å². The van der Waals surface area contributed by atoms with Gasteiger partial charge in [0.15, 0.2) is 0 Å². The molecule has 1 aliphatic carbocycles. The minimum atomic E-state index is -0.0866. The van der Waals surface area contributed by atoms with E-state index < -0.39 is 0 Å². The fourth-order valence-corrected chi connectivity index (χ4v) is 4.28. The van der Waals surface area contributed by atoms with Crippen molar-refractivity contribution in [2.75, 3.05) is 13.2 Å². The average Bonchev–Trinajstić information content (AvgIpc) is 3.10. The van der Waals surface area contributed by atoms with Crippen LogP contribution in [0.2, 0.25) is 0 Å². The van der Waals surface area contributed by atoms with Gasteiger partial charge in [-0.3, -0.25) is 4.79 Å². The number of para-hydroxylation sites is 1. The summed E-state index contributed by atoms with van der Waals surface area (Å²) in [6.45, 7) is 1.26. The lowest BCUT2D eigenvalue weighted by Crippen LogP contribution is -2.47. The normalized spacial score (nSPS) is 28.9. The number of nitrogens with one attached hydrogen (secondary N) is 1. The number of rotatable bonds is 2. The minimum absolute atomic E-state index is 0.00677. The number of hydrogen-bond acceptors (Lipinski definition) is 3. The Morgan fingerprint density at radius 3 is 2.78 bits per heavy atom. The Kier molecular flexibility index (Phi) is 4.02. The summed E-state index contributed by atoms with van der Waals surface area (Å²) in [7, 11) is 0. The molecule has 4 heteroatoms. The van der Waals surface area contributed by atoms with Gasteiger partial charge in [0, 0.05) is 18.6 Å². The van der Waals surface area contributed by atoms with Crippen molar-refractivity contribution >= 4 is 5.91 Å². The standard InChI is InChI=1S/C19H25NO3/c21-18(14-8-11-22-13-14)20-16-12-19(9-4-1-5-10-19)23-17-7-3-2-6-15(16)17/h2-3,6-7,14,16H,1,4-5,8-13H2,(H,20,21)/t14-,16+/m0/s1. The van der Waals surface area contributed by atoms with E-state index in [0.29, 0.717) is 13.2 Å². The summed E-state index contributed by atoms with van der Waals surface area (Å²) in [5.41, 5.74) is 1.03. The monoisotopic (exact) mass is 315 g/mol. The fourth-order valence-electron chi connectivity index (χ4n) is 4.28. The van der Waals surface area contributed by atoms with Crippen molar-refractivity contribution in [2.24, 2.45) is 5.92 Å². The summed E-state index contributed by atoms with van der Waals surface area (Å²) in [5.74, 6) is 1.09. The van der Waals surface area contributed by atoms with Gasteiger partial charge in [0.1, 0.15) is 11.4 Å². The summed E-state index contributed by atoms with van der Waals surface area (Å²) in [4.78, 5) is 12.6. The van der Waals surface area contributed by atoms with E-state index in [0.717, 1.165) is 37.0 Å². The molecule has 0 aromatic heterocycles. The van der Waals surface area contributed by atoms with Gasteiger partial charge < -0.3 is 14.8 Å². The lowest BCUT2D eigenvalue weighted by Gasteiger charge is -2.44. The summed E-state index contributed by atoms with van der Waals surface area (Å²) >= 11 is 0. The molecule has 124 valence electrons. The molecule has 1 N–H and O–H groups in total. The van der Waals surface area contributed by atoms with Crippen LogP contribution in [0.1, 0.15) is 56.6 Å². The van der Waals surface area contributed by atoms with Crippen molar-refractivity contribution in [2.45, 2.75) is 56.6 Å². The third kappa shape index (κ3) is 2.97. The molecule has 3 aliphatic rings. The Morgan fingerprint density at radius 2 is 2.00 bits per heavy atom. The molecule has 2 heterocycles. The predicted octanol–water partition coefficient (Wildman–Crippen LogP) is 3.37. The van der Waals surface area contributed by atoms with E-state index in [1.165, 1.54) is 19.3 Å². The quantitative estimate of drug-likeness (QED) is 0.910. The molecule has 2 fully saturated rings. The molecule has 1 spiro atoms. The molecule has 0 bridgehead atoms. The first-order valence-corrected chi connectivity index (χ1v) is 8.92. The number of carbonyl (C=O) groups excluding carboxylic acids is 1. The number of carbonyl (C=O) groups is 1. The lowest BCUT2D eigenvalue weighted by molar-refractivity contribution is -0.126. The summed E-state index contributed by atoms with van der Waals surface area (Å²) in [5, 5.41) is 3.29. The maximum absolute atomic E-state index is 12.6. The first-order chi connectivity index (χ1) is 11.3. The lowest BCUT2D eigenvalue weighted by atomic mass is 9.77. The summed E-state index contributed by atoms with van der Waals surface area (Å²) < 4.78 is 11.8. The molecule has 4 nitrogen and oxygen atoms in total. The third-order valence-corrected chi connectivity index (χ3v) is 5.58. The predicted molar refractivity (Wildman–Crippen MR) is 87.3 cm³/mol. The Balaban J connectivity index is 1.57. The van der Waals surface area contributed by atoms with Crippen LogP contribution in [0.5, 0.6) is 5.75 Å². The van der Waals surface area contributed by atoms with E-state index in [-0.39, 0.29) is 23.5 Å². The zero-order valence-electron chi connectivity index (χ0n) is 13.6. The van der Waals surface area contributed by atoms with Crippen LogP contribution in [-0.2, 0) is 9.53 Å². The maximum Gasteiger partial charge on any atom is 0.226 e. The summed E-state index contributed by atoms with van der Waals surface area (Å²) in [6, 6.07) is 8.23. The zero-order chi connectivity index (χ0) is 15.7. The molecule has 0 unspecified atom stereocenters. The van der Waals surface area contributed by atoms with E-state index in [2.05, 4.69) is 11.4 Å². The van der Waals surface area contributed by atoms with Gasteiger partial charge in [0.2, 0.25) is 5.91 Å². The van der Waals surface area contributed by atoms with Crippen molar-refractivity contribution in [1.82, 2.24) is 5.32 Å². The van der Waals surface area contributed by atoms with Crippen LogP contribution in [0.15, 0.2) is 24.3 Å². The van der Waals surface area contributed by atoms with Gasteiger partial charge in [0.05, 0.1) is 18.6 Å². The van der Waals surface area contributed by atoms with Gasteiger partial charge in [-0.25, -0.2) is 0 Å². The van der Waals surface area contributed by atoms with E-state index in [1.807, 2.05) is 18.2 Å². The van der Waals surface area contributed by atoms with Crippen LogP contribution < -0.4 is 10.1 Å². The number of hydrogen-bond donors (Lipinski definition) is 1. The molecule has 1 aromatic rings. The van der Waals surface area contributed by atoms with Crippen molar-refractivity contribution in [1.29, 1.82) is 0 Å². The van der Waals surface area contributed by atoms with Gasteiger partial charge in [0.25, 0.3) is 0 Å². The van der Waals surface area contributed by atoms with Crippen LogP contribution in [0.25, 0.3) is 0 Å². The Morgan fingerprint density at radius 1 is 1.17 bits per heavy atom. The summed E-state index contributed by atoms with van der Waals surface area (Å²) in [6.07, 6.45) is 7.66. The van der Waals surface area contributed by atoms with E-state index in [4.69, 9.17) is 9.47 Å². The molecule has 1 aromatic carbocycles. The van der Waals surface area contributed by atoms with Crippen molar-refractivity contribution in [3.8, 4) is 5.75 Å². The van der Waals surface area contributed by atoms with Gasteiger partial charge in [-0.05, 0) is 38.2 Å². The highest BCUT2D eigenvalue weighted by molar-refractivity contribution is 5.79. The molecule has 23 heavy (non-hydrogen) atoms. The zero-order valence-corrected chi connectivity index (χ0v) is 13.6. The van der Waals surface area contributed by atoms with Crippen molar-refractivity contribution < 1.29 is 14.3 Å². The molecule has 1 saturated heterocycles. The van der Waals surface area contributed by atoms with E-state index in [9.17, 15) is 4.79 Å². The van der Waals surface area contributed by atoms with Crippen LogP contribution in [0.4, 0.5) is 0 Å². The number of benzene rings is 1. The highest BCUT2D eigenvalue weighted by atomic mass is 16.5. The Labute approximate surface area is 137 Å². The van der Waals surface area contributed by atoms with Crippen molar-refractivity contribution in [3.05, 3.63) is 29.8 Å². The maximum atomic E-state index is 12.6. The molecule has 4 rings (SSSR count). The highest BCUT2D eigenvalue weighted by Gasteiger charge is 2.42. The first kappa shape index (κ1) is 15.0. The van der Waals surface area contributed by atoms with Crippen LogP contribution in [0.3, 0.4) is 0 Å². The SMILES string of the molecule is O=C(N[C@@H]1CC2(CCCCC2)Oc2ccccc21)[C@H]1CCOC1. The molecule has 0 radical (unpaired) electrons. The van der Waals surface area contributed by atoms with Gasteiger partial charge in [-0.1, -0.05) is 24.6 Å². The van der Waals surface area contributed by atoms with Gasteiger partial charge in [-0.15, -0.1) is 0 Å². The molecule has 2 aliphatic heterocycles. The molecule has 1 amide bonds. The van der Waals surface area contributed by atoms with E-state index in [1.54, 1.807) is 0 Å². The van der Waals surface area contributed by atoms with Gasteiger partial charge >= 0.3 is 0 Å².